The third-order valence-corrected chi connectivity index (χ3v) is 2.92. The number of hydrogen-bond acceptors (Lipinski definition) is 5. The number of nitriles is 2. The van der Waals surface area contributed by atoms with E-state index in [1.807, 2.05) is 18.2 Å². The topological polar surface area (TPSA) is 122 Å². The summed E-state index contributed by atoms with van der Waals surface area (Å²) in [4.78, 5) is 12.0. The number of carbonyl (C=O) groups is 1. The van der Waals surface area contributed by atoms with Crippen molar-refractivity contribution >= 4 is 17.4 Å². The molecule has 0 aliphatic carbocycles. The van der Waals surface area contributed by atoms with Crippen LogP contribution in [-0.2, 0) is 0 Å². The summed E-state index contributed by atoms with van der Waals surface area (Å²) in [5.74, 6) is 1.02. The molecule has 1 unspecified atom stereocenters. The van der Waals surface area contributed by atoms with Gasteiger partial charge in [0, 0.05) is 0 Å². The van der Waals surface area contributed by atoms with E-state index in [9.17, 15) is 4.79 Å². The molecule has 0 saturated carbocycles. The Morgan fingerprint density at radius 2 is 1.75 bits per heavy atom. The highest BCUT2D eigenvalue weighted by Crippen LogP contribution is 2.28. The van der Waals surface area contributed by atoms with Crippen molar-refractivity contribution in [2.24, 2.45) is 0 Å². The fourth-order valence-electron chi connectivity index (χ4n) is 1.80. The Kier molecular flexibility index (Phi) is 5.49. The summed E-state index contributed by atoms with van der Waals surface area (Å²) in [5.41, 5.74) is -0.152. The molecular weight excluding hydrogens is 306 g/mol. The van der Waals surface area contributed by atoms with Crippen LogP contribution in [0.4, 0.5) is 10.5 Å². The van der Waals surface area contributed by atoms with E-state index in [0.29, 0.717) is 17.2 Å². The second kappa shape index (κ2) is 7.97. The number of anilines is 1. The average Bonchev–Trinajstić information content (AvgIpc) is 2.61. The number of nitrogens with one attached hydrogen (secondary N) is 3. The molecule has 7 heteroatoms. The number of rotatable bonds is 5. The zero-order valence-electron chi connectivity index (χ0n) is 12.5. The van der Waals surface area contributed by atoms with Crippen LogP contribution in [0.1, 0.15) is 0 Å². The van der Waals surface area contributed by atoms with Crippen LogP contribution in [0.15, 0.2) is 54.6 Å². The van der Waals surface area contributed by atoms with Crippen LogP contribution in [0, 0.1) is 28.1 Å². The van der Waals surface area contributed by atoms with Gasteiger partial charge in [0.15, 0.2) is 11.8 Å². The van der Waals surface area contributed by atoms with Crippen LogP contribution in [0.25, 0.3) is 0 Å². The van der Waals surface area contributed by atoms with Gasteiger partial charge in [-0.25, -0.2) is 4.79 Å². The van der Waals surface area contributed by atoms with Gasteiger partial charge < -0.3 is 15.4 Å². The van der Waals surface area contributed by atoms with Crippen LogP contribution < -0.4 is 15.4 Å². The van der Waals surface area contributed by atoms with Crippen molar-refractivity contribution in [3.05, 3.63) is 54.6 Å². The second-order valence-corrected chi connectivity index (χ2v) is 4.60. The first kappa shape index (κ1) is 16.5. The maximum atomic E-state index is 12.0. The molecule has 2 rings (SSSR count). The molecule has 0 radical (unpaired) electrons. The lowest BCUT2D eigenvalue weighted by molar-refractivity contribution is 0.252. The molecule has 24 heavy (non-hydrogen) atoms. The van der Waals surface area contributed by atoms with Gasteiger partial charge in [0.1, 0.15) is 17.5 Å². The molecule has 0 spiro atoms. The van der Waals surface area contributed by atoms with Gasteiger partial charge in [-0.1, -0.05) is 30.3 Å². The van der Waals surface area contributed by atoms with Gasteiger partial charge in [0.05, 0.1) is 11.8 Å². The quantitative estimate of drug-likeness (QED) is 0.733. The van der Waals surface area contributed by atoms with Gasteiger partial charge >= 0.3 is 6.03 Å². The summed E-state index contributed by atoms with van der Waals surface area (Å²) in [6, 6.07) is 17.0. The fraction of sp³-hybridized carbons (Fsp3) is 0.0588. The largest absolute Gasteiger partial charge is 0.455 e. The molecule has 0 aromatic heterocycles. The molecule has 0 fully saturated rings. The van der Waals surface area contributed by atoms with Crippen molar-refractivity contribution in [2.45, 2.75) is 6.04 Å². The van der Waals surface area contributed by atoms with Gasteiger partial charge in [-0.2, -0.15) is 10.5 Å². The molecule has 0 saturated heterocycles. The molecule has 1 atom stereocenters. The summed E-state index contributed by atoms with van der Waals surface area (Å²) in [7, 11) is 0. The van der Waals surface area contributed by atoms with Crippen LogP contribution >= 0.6 is 0 Å². The van der Waals surface area contributed by atoms with E-state index in [4.69, 9.17) is 20.7 Å². The molecular formula is C17H13N5O2. The number of ether oxygens (including phenoxy) is 1. The van der Waals surface area contributed by atoms with E-state index >= 15 is 0 Å². The highest BCUT2D eigenvalue weighted by atomic mass is 16.5. The predicted molar refractivity (Wildman–Crippen MR) is 87.9 cm³/mol. The molecule has 2 aromatic carbocycles. The smallest absolute Gasteiger partial charge is 0.320 e. The molecule has 0 heterocycles. The molecule has 0 aliphatic heterocycles. The highest BCUT2D eigenvalue weighted by Gasteiger charge is 2.17. The normalized spacial score (nSPS) is 10.6. The number of para-hydroxylation sites is 3. The summed E-state index contributed by atoms with van der Waals surface area (Å²) < 4.78 is 5.71. The Bertz CT molecular complexity index is 821. The zero-order valence-corrected chi connectivity index (χ0v) is 12.5. The monoisotopic (exact) mass is 319 g/mol. The number of amides is 2. The molecule has 0 aliphatic rings. The lowest BCUT2D eigenvalue weighted by Gasteiger charge is -2.14. The summed E-state index contributed by atoms with van der Waals surface area (Å²) in [6.07, 6.45) is 0. The van der Waals surface area contributed by atoms with E-state index in [1.165, 1.54) is 6.07 Å². The molecule has 0 bridgehead atoms. The summed E-state index contributed by atoms with van der Waals surface area (Å²) >= 11 is 0. The van der Waals surface area contributed by atoms with Crippen LogP contribution in [-0.4, -0.2) is 17.8 Å². The van der Waals surface area contributed by atoms with Crippen molar-refractivity contribution in [1.29, 1.82) is 15.9 Å². The standard InChI is InChI=1S/C17H13N5O2/c18-10-13(20)15(11-19)22-17(23)21-14-8-4-5-9-16(14)24-12-6-2-1-3-7-12/h1-9,15,20H,(H2,21,22,23). The van der Waals surface area contributed by atoms with Crippen molar-refractivity contribution in [3.63, 3.8) is 0 Å². The molecule has 2 amide bonds. The minimum Gasteiger partial charge on any atom is -0.455 e. The predicted octanol–water partition coefficient (Wildman–Crippen LogP) is 3.04. The van der Waals surface area contributed by atoms with Crippen LogP contribution in [0.3, 0.4) is 0 Å². The van der Waals surface area contributed by atoms with Gasteiger partial charge in [-0.15, -0.1) is 0 Å². The maximum Gasteiger partial charge on any atom is 0.320 e. The van der Waals surface area contributed by atoms with E-state index < -0.39 is 17.8 Å². The van der Waals surface area contributed by atoms with Crippen molar-refractivity contribution < 1.29 is 9.53 Å². The first-order valence-electron chi connectivity index (χ1n) is 6.91. The van der Waals surface area contributed by atoms with E-state index in [0.717, 1.165) is 0 Å². The summed E-state index contributed by atoms with van der Waals surface area (Å²) in [6.45, 7) is 0. The van der Waals surface area contributed by atoms with Crippen molar-refractivity contribution in [1.82, 2.24) is 5.32 Å². The zero-order chi connectivity index (χ0) is 17.4. The molecule has 2 aromatic rings. The van der Waals surface area contributed by atoms with E-state index in [-0.39, 0.29) is 0 Å². The number of nitrogens with zero attached hydrogens (tertiary/aromatic N) is 2. The number of carbonyl (C=O) groups excluding carboxylic acids is 1. The van der Waals surface area contributed by atoms with Gasteiger partial charge in [-0.3, -0.25) is 5.41 Å². The van der Waals surface area contributed by atoms with Crippen LogP contribution in [0.5, 0.6) is 11.5 Å². The van der Waals surface area contributed by atoms with Gasteiger partial charge in [0.25, 0.3) is 0 Å². The summed E-state index contributed by atoms with van der Waals surface area (Å²) in [5, 5.41) is 29.6. The molecule has 118 valence electrons. The number of urea groups is 1. The lowest BCUT2D eigenvalue weighted by Crippen LogP contribution is -2.41. The first-order chi connectivity index (χ1) is 11.6. The molecule has 3 N–H and O–H groups in total. The Morgan fingerprint density at radius 3 is 2.42 bits per heavy atom. The van der Waals surface area contributed by atoms with Gasteiger partial charge in [0.2, 0.25) is 0 Å². The SMILES string of the molecule is N#CC(=N)C(C#N)NC(=O)Nc1ccccc1Oc1ccccc1. The number of benzene rings is 2. The Balaban J connectivity index is 2.10. The Morgan fingerprint density at radius 1 is 1.08 bits per heavy atom. The van der Waals surface area contributed by atoms with Crippen molar-refractivity contribution in [3.8, 4) is 23.6 Å². The van der Waals surface area contributed by atoms with E-state index in [1.54, 1.807) is 42.5 Å². The van der Waals surface area contributed by atoms with Crippen LogP contribution in [0.2, 0.25) is 0 Å². The van der Waals surface area contributed by atoms with Gasteiger partial charge in [-0.05, 0) is 24.3 Å². The Labute approximate surface area is 138 Å². The first-order valence-corrected chi connectivity index (χ1v) is 6.91. The minimum absolute atomic E-state index is 0.388. The lowest BCUT2D eigenvalue weighted by atomic mass is 10.2. The minimum atomic E-state index is -1.31. The third kappa shape index (κ3) is 4.33. The highest BCUT2D eigenvalue weighted by molar-refractivity contribution is 6.05. The van der Waals surface area contributed by atoms with E-state index in [2.05, 4.69) is 10.6 Å². The Hall–Kier alpha value is -3.84. The molecule has 7 nitrogen and oxygen atoms in total. The fourth-order valence-corrected chi connectivity index (χ4v) is 1.80. The second-order valence-electron chi connectivity index (χ2n) is 4.60. The third-order valence-electron chi connectivity index (χ3n) is 2.92. The maximum absolute atomic E-state index is 12.0. The average molecular weight is 319 g/mol. The van der Waals surface area contributed by atoms with Crippen molar-refractivity contribution in [2.75, 3.05) is 5.32 Å². The number of hydrogen-bond donors (Lipinski definition) is 3.